The molecule has 1 aromatic carbocycles. The Balaban J connectivity index is 2.88. The van der Waals surface area contributed by atoms with Crippen LogP contribution in [-0.2, 0) is 11.3 Å². The van der Waals surface area contributed by atoms with Crippen molar-refractivity contribution in [2.75, 3.05) is 0 Å². The van der Waals surface area contributed by atoms with Crippen LogP contribution in [0.1, 0.15) is 29.8 Å². The summed E-state index contributed by atoms with van der Waals surface area (Å²) in [6.45, 7) is 3.43. The normalized spacial score (nSPS) is 10.3. The molecule has 1 rings (SSSR count). The monoisotopic (exact) mass is 194 g/mol. The molecule has 0 aliphatic carbocycles. The highest BCUT2D eigenvalue weighted by molar-refractivity contribution is 5.91. The third kappa shape index (κ3) is 2.57. The Morgan fingerprint density at radius 1 is 1.43 bits per heavy atom. The second-order valence-electron chi connectivity index (χ2n) is 3.27. The molecule has 3 nitrogen and oxygen atoms in total. The Labute approximate surface area is 83.3 Å². The van der Waals surface area contributed by atoms with E-state index in [2.05, 4.69) is 0 Å². The van der Waals surface area contributed by atoms with Crippen LogP contribution in [0.5, 0.6) is 0 Å². The predicted molar refractivity (Wildman–Crippen MR) is 52.9 cm³/mol. The third-order valence-electron chi connectivity index (χ3n) is 1.75. The fourth-order valence-electron chi connectivity index (χ4n) is 1.13. The van der Waals surface area contributed by atoms with E-state index in [-0.39, 0.29) is 18.7 Å². The number of aliphatic hydroxyl groups excluding tert-OH is 1. The van der Waals surface area contributed by atoms with Crippen LogP contribution in [0.2, 0.25) is 0 Å². The Kier molecular flexibility index (Phi) is 3.65. The molecule has 0 spiro atoms. The minimum Gasteiger partial charge on any atom is -0.459 e. The molecule has 0 bridgehead atoms. The van der Waals surface area contributed by atoms with Crippen LogP contribution in [0.3, 0.4) is 0 Å². The van der Waals surface area contributed by atoms with Crippen LogP contribution < -0.4 is 0 Å². The highest BCUT2D eigenvalue weighted by atomic mass is 16.5. The molecular formula is C11H14O3. The molecule has 0 atom stereocenters. The van der Waals surface area contributed by atoms with E-state index in [1.54, 1.807) is 38.1 Å². The molecule has 0 radical (unpaired) electrons. The van der Waals surface area contributed by atoms with Crippen molar-refractivity contribution in [1.29, 1.82) is 0 Å². The summed E-state index contributed by atoms with van der Waals surface area (Å²) in [5.74, 6) is -0.385. The van der Waals surface area contributed by atoms with Crippen LogP contribution >= 0.6 is 0 Å². The van der Waals surface area contributed by atoms with Crippen molar-refractivity contribution in [3.63, 3.8) is 0 Å². The van der Waals surface area contributed by atoms with Gasteiger partial charge in [-0.1, -0.05) is 18.2 Å². The number of hydrogen-bond acceptors (Lipinski definition) is 3. The molecule has 3 heteroatoms. The second-order valence-corrected chi connectivity index (χ2v) is 3.27. The average molecular weight is 194 g/mol. The molecule has 1 N–H and O–H groups in total. The van der Waals surface area contributed by atoms with Crippen LogP contribution in [0.25, 0.3) is 0 Å². The zero-order chi connectivity index (χ0) is 10.6. The second kappa shape index (κ2) is 4.77. The first kappa shape index (κ1) is 10.7. The molecule has 14 heavy (non-hydrogen) atoms. The van der Waals surface area contributed by atoms with Crippen molar-refractivity contribution in [2.24, 2.45) is 0 Å². The van der Waals surface area contributed by atoms with Crippen molar-refractivity contribution in [3.8, 4) is 0 Å². The van der Waals surface area contributed by atoms with E-state index in [9.17, 15) is 4.79 Å². The van der Waals surface area contributed by atoms with Gasteiger partial charge in [-0.05, 0) is 25.5 Å². The number of esters is 1. The predicted octanol–water partition coefficient (Wildman–Crippen LogP) is 1.74. The number of carbonyl (C=O) groups is 1. The Hall–Kier alpha value is -1.35. The molecular weight excluding hydrogens is 180 g/mol. The third-order valence-corrected chi connectivity index (χ3v) is 1.75. The van der Waals surface area contributed by atoms with Gasteiger partial charge in [0, 0.05) is 0 Å². The SMILES string of the molecule is CC(C)OC(=O)c1ccccc1CO. The Morgan fingerprint density at radius 3 is 2.64 bits per heavy atom. The van der Waals surface area contributed by atoms with E-state index in [4.69, 9.17) is 9.84 Å². The summed E-state index contributed by atoms with van der Waals surface area (Å²) < 4.78 is 5.03. The minimum atomic E-state index is -0.385. The zero-order valence-electron chi connectivity index (χ0n) is 8.36. The number of hydrogen-bond donors (Lipinski definition) is 1. The molecule has 0 aromatic heterocycles. The summed E-state index contributed by atoms with van der Waals surface area (Å²) in [5.41, 5.74) is 1.03. The van der Waals surface area contributed by atoms with Gasteiger partial charge in [0.25, 0.3) is 0 Å². The quantitative estimate of drug-likeness (QED) is 0.745. The topological polar surface area (TPSA) is 46.5 Å². The zero-order valence-corrected chi connectivity index (χ0v) is 8.36. The maximum absolute atomic E-state index is 11.5. The largest absolute Gasteiger partial charge is 0.459 e. The lowest BCUT2D eigenvalue weighted by Crippen LogP contribution is -2.13. The molecule has 0 aliphatic rings. The van der Waals surface area contributed by atoms with Gasteiger partial charge < -0.3 is 9.84 Å². The molecule has 0 aliphatic heterocycles. The van der Waals surface area contributed by atoms with Gasteiger partial charge in [-0.15, -0.1) is 0 Å². The van der Waals surface area contributed by atoms with Crippen molar-refractivity contribution < 1.29 is 14.6 Å². The molecule has 0 fully saturated rings. The standard InChI is InChI=1S/C11H14O3/c1-8(2)14-11(13)10-6-4-3-5-9(10)7-12/h3-6,8,12H,7H2,1-2H3. The fourth-order valence-corrected chi connectivity index (χ4v) is 1.13. The number of rotatable bonds is 3. The van der Waals surface area contributed by atoms with E-state index in [1.807, 2.05) is 0 Å². The lowest BCUT2D eigenvalue weighted by molar-refractivity contribution is 0.0374. The summed E-state index contributed by atoms with van der Waals surface area (Å²) >= 11 is 0. The van der Waals surface area contributed by atoms with Crippen LogP contribution in [-0.4, -0.2) is 17.2 Å². The lowest BCUT2D eigenvalue weighted by atomic mass is 10.1. The minimum absolute atomic E-state index is 0.144. The molecule has 1 aromatic rings. The number of ether oxygens (including phenoxy) is 1. The van der Waals surface area contributed by atoms with Crippen molar-refractivity contribution in [3.05, 3.63) is 35.4 Å². The van der Waals surface area contributed by atoms with E-state index >= 15 is 0 Å². The molecule has 76 valence electrons. The smallest absolute Gasteiger partial charge is 0.338 e. The molecule has 0 amide bonds. The number of carbonyl (C=O) groups excluding carboxylic acids is 1. The maximum atomic E-state index is 11.5. The summed E-state index contributed by atoms with van der Waals surface area (Å²) in [7, 11) is 0. The molecule has 0 heterocycles. The summed E-state index contributed by atoms with van der Waals surface area (Å²) in [5, 5.41) is 8.99. The Morgan fingerprint density at radius 2 is 2.07 bits per heavy atom. The van der Waals surface area contributed by atoms with Crippen LogP contribution in [0.4, 0.5) is 0 Å². The molecule has 0 unspecified atom stereocenters. The van der Waals surface area contributed by atoms with Crippen LogP contribution in [0, 0.1) is 0 Å². The first-order valence-corrected chi connectivity index (χ1v) is 4.55. The number of benzene rings is 1. The number of aliphatic hydroxyl groups is 1. The summed E-state index contributed by atoms with van der Waals surface area (Å²) in [6.07, 6.45) is -0.144. The van der Waals surface area contributed by atoms with Gasteiger partial charge in [-0.3, -0.25) is 0 Å². The van der Waals surface area contributed by atoms with Gasteiger partial charge in [-0.25, -0.2) is 4.79 Å². The molecule has 0 saturated heterocycles. The highest BCUT2D eigenvalue weighted by Gasteiger charge is 2.12. The van der Waals surface area contributed by atoms with E-state index in [0.29, 0.717) is 11.1 Å². The maximum Gasteiger partial charge on any atom is 0.338 e. The summed E-state index contributed by atoms with van der Waals surface area (Å²) in [4.78, 5) is 11.5. The van der Waals surface area contributed by atoms with Crippen LogP contribution in [0.15, 0.2) is 24.3 Å². The lowest BCUT2D eigenvalue weighted by Gasteiger charge is -2.09. The van der Waals surface area contributed by atoms with Gasteiger partial charge >= 0.3 is 5.97 Å². The van der Waals surface area contributed by atoms with Crippen molar-refractivity contribution in [2.45, 2.75) is 26.6 Å². The summed E-state index contributed by atoms with van der Waals surface area (Å²) in [6, 6.07) is 6.88. The van der Waals surface area contributed by atoms with Crippen molar-refractivity contribution >= 4 is 5.97 Å². The Bertz CT molecular complexity index is 318. The van der Waals surface area contributed by atoms with Crippen molar-refractivity contribution in [1.82, 2.24) is 0 Å². The highest BCUT2D eigenvalue weighted by Crippen LogP contribution is 2.11. The average Bonchev–Trinajstić information content (AvgIpc) is 2.16. The van der Waals surface area contributed by atoms with Gasteiger partial charge in [-0.2, -0.15) is 0 Å². The first-order chi connectivity index (χ1) is 6.65. The van der Waals surface area contributed by atoms with Gasteiger partial charge in [0.05, 0.1) is 18.3 Å². The van der Waals surface area contributed by atoms with E-state index in [1.165, 1.54) is 0 Å². The fraction of sp³-hybridized carbons (Fsp3) is 0.364. The van der Waals surface area contributed by atoms with Gasteiger partial charge in [0.1, 0.15) is 0 Å². The van der Waals surface area contributed by atoms with E-state index in [0.717, 1.165) is 0 Å². The van der Waals surface area contributed by atoms with E-state index < -0.39 is 0 Å². The van der Waals surface area contributed by atoms with Gasteiger partial charge in [0.15, 0.2) is 0 Å². The van der Waals surface area contributed by atoms with Gasteiger partial charge in [0.2, 0.25) is 0 Å². The first-order valence-electron chi connectivity index (χ1n) is 4.55. The molecule has 0 saturated carbocycles.